The van der Waals surface area contributed by atoms with Gasteiger partial charge in [-0.2, -0.15) is 0 Å². The maximum atomic E-state index is 6.16. The van der Waals surface area contributed by atoms with Gasteiger partial charge in [0.1, 0.15) is 0 Å². The smallest absolute Gasteiger partial charge is 0.0907 e. The second kappa shape index (κ2) is 9.41. The van der Waals surface area contributed by atoms with Crippen LogP contribution in [0.25, 0.3) is 0 Å². The molecule has 1 unspecified atom stereocenters. The lowest BCUT2D eigenvalue weighted by Crippen LogP contribution is -2.37. The van der Waals surface area contributed by atoms with E-state index in [-0.39, 0.29) is 0 Å². The Morgan fingerprint density at radius 1 is 0.643 bits per heavy atom. The Morgan fingerprint density at radius 3 is 1.71 bits per heavy atom. The third-order valence-electron chi connectivity index (χ3n) is 6.42. The average molecular weight is 417 g/mol. The highest BCUT2D eigenvalue weighted by molar-refractivity contribution is 6.30. The SMILES string of the molecule is Clc1ccc(N2CC(C3CCCCCCCC3)N(c3ccc(Cl)cc3)C2)cc1. The second-order valence-electron chi connectivity index (χ2n) is 8.31. The van der Waals surface area contributed by atoms with Gasteiger partial charge in [0.15, 0.2) is 0 Å². The predicted molar refractivity (Wildman–Crippen MR) is 122 cm³/mol. The Balaban J connectivity index is 1.59. The molecule has 0 N–H and O–H groups in total. The number of benzene rings is 2. The normalized spacial score (nSPS) is 22.0. The van der Waals surface area contributed by atoms with Crippen molar-refractivity contribution in [2.24, 2.45) is 5.92 Å². The highest BCUT2D eigenvalue weighted by atomic mass is 35.5. The largest absolute Gasteiger partial charge is 0.352 e. The van der Waals surface area contributed by atoms with Crippen LogP contribution in [0, 0.1) is 5.92 Å². The number of anilines is 2. The van der Waals surface area contributed by atoms with Crippen molar-refractivity contribution in [2.45, 2.75) is 57.4 Å². The van der Waals surface area contributed by atoms with Gasteiger partial charge in [0.2, 0.25) is 0 Å². The van der Waals surface area contributed by atoms with Crippen LogP contribution >= 0.6 is 23.2 Å². The Bertz CT molecular complexity index is 734. The van der Waals surface area contributed by atoms with E-state index in [1.165, 1.54) is 62.7 Å². The molecule has 0 radical (unpaired) electrons. The number of hydrogen-bond donors (Lipinski definition) is 0. The molecule has 4 rings (SSSR count). The van der Waals surface area contributed by atoms with Gasteiger partial charge in [-0.25, -0.2) is 0 Å². The third-order valence-corrected chi connectivity index (χ3v) is 6.93. The number of rotatable bonds is 3. The Hall–Kier alpha value is -1.38. The van der Waals surface area contributed by atoms with E-state index in [0.717, 1.165) is 29.2 Å². The summed E-state index contributed by atoms with van der Waals surface area (Å²) in [6.45, 7) is 2.00. The molecule has 0 spiro atoms. The van der Waals surface area contributed by atoms with E-state index in [1.54, 1.807) is 0 Å². The molecule has 2 nitrogen and oxygen atoms in total. The van der Waals surface area contributed by atoms with Crippen molar-refractivity contribution in [2.75, 3.05) is 23.0 Å². The van der Waals surface area contributed by atoms with Gasteiger partial charge in [-0.3, -0.25) is 0 Å². The summed E-state index contributed by atoms with van der Waals surface area (Å²) in [5, 5.41) is 1.60. The Labute approximate surface area is 179 Å². The van der Waals surface area contributed by atoms with Crippen molar-refractivity contribution in [3.63, 3.8) is 0 Å². The summed E-state index contributed by atoms with van der Waals surface area (Å²) < 4.78 is 0. The molecule has 1 aliphatic carbocycles. The monoisotopic (exact) mass is 416 g/mol. The fourth-order valence-electron chi connectivity index (χ4n) is 4.87. The maximum absolute atomic E-state index is 6.16. The van der Waals surface area contributed by atoms with Crippen molar-refractivity contribution < 1.29 is 0 Å². The molecule has 0 bridgehead atoms. The molecular weight excluding hydrogens is 387 g/mol. The summed E-state index contributed by atoms with van der Waals surface area (Å²) in [5.41, 5.74) is 2.54. The van der Waals surface area contributed by atoms with Crippen LogP contribution in [0.3, 0.4) is 0 Å². The molecule has 1 aliphatic heterocycles. The van der Waals surface area contributed by atoms with Crippen LogP contribution in [0.2, 0.25) is 10.0 Å². The molecule has 0 amide bonds. The average Bonchev–Trinajstić information content (AvgIpc) is 3.18. The van der Waals surface area contributed by atoms with E-state index < -0.39 is 0 Å². The van der Waals surface area contributed by atoms with E-state index in [2.05, 4.69) is 34.1 Å². The van der Waals surface area contributed by atoms with Crippen LogP contribution in [0.1, 0.15) is 51.4 Å². The minimum atomic E-state index is 0.551. The van der Waals surface area contributed by atoms with E-state index in [9.17, 15) is 0 Å². The van der Waals surface area contributed by atoms with Crippen molar-refractivity contribution in [3.8, 4) is 0 Å². The van der Waals surface area contributed by atoms with Gasteiger partial charge in [-0.05, 0) is 67.3 Å². The third kappa shape index (κ3) is 4.78. The summed E-state index contributed by atoms with van der Waals surface area (Å²) in [7, 11) is 0. The minimum absolute atomic E-state index is 0.551. The van der Waals surface area contributed by atoms with E-state index in [4.69, 9.17) is 23.2 Å². The maximum Gasteiger partial charge on any atom is 0.0907 e. The molecule has 1 saturated carbocycles. The molecule has 2 fully saturated rings. The Morgan fingerprint density at radius 2 is 1.14 bits per heavy atom. The van der Waals surface area contributed by atoms with Gasteiger partial charge in [-0.15, -0.1) is 0 Å². The molecule has 0 aromatic heterocycles. The number of nitrogens with zero attached hydrogens (tertiary/aromatic N) is 2. The molecular formula is C24H30Cl2N2. The zero-order valence-corrected chi connectivity index (χ0v) is 18.0. The van der Waals surface area contributed by atoms with Gasteiger partial charge in [0, 0.05) is 28.0 Å². The van der Waals surface area contributed by atoms with Crippen molar-refractivity contribution in [1.82, 2.24) is 0 Å². The fraction of sp³-hybridized carbons (Fsp3) is 0.500. The predicted octanol–water partition coefficient (Wildman–Crippen LogP) is 7.40. The van der Waals surface area contributed by atoms with Crippen LogP contribution in [-0.4, -0.2) is 19.3 Å². The second-order valence-corrected chi connectivity index (χ2v) is 9.19. The molecule has 2 aromatic carbocycles. The van der Waals surface area contributed by atoms with Gasteiger partial charge >= 0.3 is 0 Å². The standard InChI is InChI=1S/C24H30Cl2N2/c25-20-9-13-22(14-10-20)27-17-24(19-7-5-3-1-2-4-6-8-19)28(18-27)23-15-11-21(26)12-16-23/h9-16,19,24H,1-8,17-18H2. The van der Waals surface area contributed by atoms with Gasteiger partial charge in [0.05, 0.1) is 12.7 Å². The number of halogens is 2. The lowest BCUT2D eigenvalue weighted by molar-refractivity contribution is 0.365. The zero-order valence-electron chi connectivity index (χ0n) is 16.5. The molecule has 1 heterocycles. The van der Waals surface area contributed by atoms with E-state index >= 15 is 0 Å². The van der Waals surface area contributed by atoms with Crippen LogP contribution in [0.15, 0.2) is 48.5 Å². The highest BCUT2D eigenvalue weighted by Gasteiger charge is 2.36. The van der Waals surface area contributed by atoms with Crippen molar-refractivity contribution in [1.29, 1.82) is 0 Å². The molecule has 2 aliphatic rings. The molecule has 1 saturated heterocycles. The van der Waals surface area contributed by atoms with E-state index in [1.807, 2.05) is 24.3 Å². The van der Waals surface area contributed by atoms with Gasteiger partial charge < -0.3 is 9.80 Å². The lowest BCUT2D eigenvalue weighted by Gasteiger charge is -2.32. The highest BCUT2D eigenvalue weighted by Crippen LogP contribution is 2.35. The minimum Gasteiger partial charge on any atom is -0.352 e. The first kappa shape index (κ1) is 19.9. The van der Waals surface area contributed by atoms with Crippen molar-refractivity contribution >= 4 is 34.6 Å². The summed E-state index contributed by atoms with van der Waals surface area (Å²) in [6.07, 6.45) is 11.1. The van der Waals surface area contributed by atoms with E-state index in [0.29, 0.717) is 6.04 Å². The number of hydrogen-bond acceptors (Lipinski definition) is 2. The quantitative estimate of drug-likeness (QED) is 0.513. The lowest BCUT2D eigenvalue weighted by atomic mass is 9.89. The zero-order chi connectivity index (χ0) is 19.3. The summed E-state index contributed by atoms with van der Waals surface area (Å²) in [6, 6.07) is 17.2. The first-order valence-corrected chi connectivity index (χ1v) is 11.5. The summed E-state index contributed by atoms with van der Waals surface area (Å²) >= 11 is 12.3. The van der Waals surface area contributed by atoms with Crippen LogP contribution in [-0.2, 0) is 0 Å². The first-order chi connectivity index (χ1) is 13.7. The van der Waals surface area contributed by atoms with Gasteiger partial charge in [0.25, 0.3) is 0 Å². The molecule has 150 valence electrons. The summed E-state index contributed by atoms with van der Waals surface area (Å²) in [4.78, 5) is 5.11. The molecule has 4 heteroatoms. The summed E-state index contributed by atoms with van der Waals surface area (Å²) in [5.74, 6) is 0.756. The van der Waals surface area contributed by atoms with Crippen LogP contribution in [0.5, 0.6) is 0 Å². The molecule has 1 atom stereocenters. The van der Waals surface area contributed by atoms with Crippen LogP contribution in [0.4, 0.5) is 11.4 Å². The first-order valence-electron chi connectivity index (χ1n) is 10.7. The van der Waals surface area contributed by atoms with Crippen molar-refractivity contribution in [3.05, 3.63) is 58.6 Å². The van der Waals surface area contributed by atoms with Gasteiger partial charge in [-0.1, -0.05) is 61.7 Å². The Kier molecular flexibility index (Phi) is 6.69. The topological polar surface area (TPSA) is 6.48 Å². The fourth-order valence-corrected chi connectivity index (χ4v) is 5.12. The molecule has 28 heavy (non-hydrogen) atoms. The van der Waals surface area contributed by atoms with Crippen LogP contribution < -0.4 is 9.80 Å². The molecule has 2 aromatic rings.